The van der Waals surface area contributed by atoms with Crippen molar-refractivity contribution >= 4 is 23.6 Å². The standard InChI is InChI=1S/C9H17NO4S/c1-10(6-9(12)14-3)8(11)7-15-5-4-13-2/h4-7H2,1-3H3. The van der Waals surface area contributed by atoms with E-state index in [1.54, 1.807) is 14.2 Å². The molecular weight excluding hydrogens is 218 g/mol. The first-order valence-corrected chi connectivity index (χ1v) is 5.64. The van der Waals surface area contributed by atoms with Crippen LogP contribution in [0.15, 0.2) is 0 Å². The van der Waals surface area contributed by atoms with Crippen LogP contribution >= 0.6 is 11.8 Å². The van der Waals surface area contributed by atoms with Gasteiger partial charge in [0.15, 0.2) is 0 Å². The van der Waals surface area contributed by atoms with Gasteiger partial charge in [0, 0.05) is 19.9 Å². The molecule has 0 aromatic rings. The zero-order valence-corrected chi connectivity index (χ0v) is 10.1. The number of nitrogens with zero attached hydrogens (tertiary/aromatic N) is 1. The summed E-state index contributed by atoms with van der Waals surface area (Å²) in [7, 11) is 4.50. The van der Waals surface area contributed by atoms with Crippen molar-refractivity contribution in [2.45, 2.75) is 0 Å². The van der Waals surface area contributed by atoms with Crippen LogP contribution in [-0.4, -0.2) is 62.7 Å². The lowest BCUT2D eigenvalue weighted by molar-refractivity contribution is -0.145. The van der Waals surface area contributed by atoms with Gasteiger partial charge in [-0.15, -0.1) is 11.8 Å². The van der Waals surface area contributed by atoms with Gasteiger partial charge in [-0.05, 0) is 0 Å². The van der Waals surface area contributed by atoms with Crippen molar-refractivity contribution < 1.29 is 19.1 Å². The van der Waals surface area contributed by atoms with Gasteiger partial charge in [0.25, 0.3) is 0 Å². The summed E-state index contributed by atoms with van der Waals surface area (Å²) in [5.41, 5.74) is 0. The summed E-state index contributed by atoms with van der Waals surface area (Å²) in [5, 5.41) is 0. The third-order valence-electron chi connectivity index (χ3n) is 1.68. The molecule has 6 heteroatoms. The molecule has 0 aromatic carbocycles. The molecule has 0 fully saturated rings. The molecule has 15 heavy (non-hydrogen) atoms. The molecule has 0 N–H and O–H groups in total. The molecule has 0 bridgehead atoms. The fraction of sp³-hybridized carbons (Fsp3) is 0.778. The van der Waals surface area contributed by atoms with Gasteiger partial charge in [-0.1, -0.05) is 0 Å². The van der Waals surface area contributed by atoms with Crippen molar-refractivity contribution in [3.63, 3.8) is 0 Å². The Hall–Kier alpha value is -0.750. The van der Waals surface area contributed by atoms with Crippen LogP contribution in [0.1, 0.15) is 0 Å². The van der Waals surface area contributed by atoms with E-state index >= 15 is 0 Å². The van der Waals surface area contributed by atoms with Crippen molar-refractivity contribution in [2.24, 2.45) is 0 Å². The van der Waals surface area contributed by atoms with Crippen LogP contribution in [0.4, 0.5) is 0 Å². The highest BCUT2D eigenvalue weighted by atomic mass is 32.2. The van der Waals surface area contributed by atoms with Crippen molar-refractivity contribution in [1.82, 2.24) is 4.90 Å². The van der Waals surface area contributed by atoms with Gasteiger partial charge in [-0.25, -0.2) is 0 Å². The largest absolute Gasteiger partial charge is 0.468 e. The average molecular weight is 235 g/mol. The van der Waals surface area contributed by atoms with Gasteiger partial charge >= 0.3 is 5.97 Å². The van der Waals surface area contributed by atoms with Gasteiger partial charge in [-0.3, -0.25) is 9.59 Å². The number of esters is 1. The van der Waals surface area contributed by atoms with Crippen LogP contribution in [0, 0.1) is 0 Å². The molecule has 0 atom stereocenters. The van der Waals surface area contributed by atoms with E-state index in [0.717, 1.165) is 5.75 Å². The summed E-state index contributed by atoms with van der Waals surface area (Å²) < 4.78 is 9.30. The van der Waals surface area contributed by atoms with Gasteiger partial charge in [0.1, 0.15) is 6.54 Å². The van der Waals surface area contributed by atoms with E-state index < -0.39 is 5.97 Å². The molecule has 5 nitrogen and oxygen atoms in total. The van der Waals surface area contributed by atoms with Gasteiger partial charge in [-0.2, -0.15) is 0 Å². The minimum absolute atomic E-state index is 0.000170. The average Bonchev–Trinajstić information content (AvgIpc) is 2.23. The van der Waals surface area contributed by atoms with Crippen LogP contribution in [0.3, 0.4) is 0 Å². The first-order valence-electron chi connectivity index (χ1n) is 4.49. The number of methoxy groups -OCH3 is 2. The summed E-state index contributed by atoms with van der Waals surface area (Å²) in [4.78, 5) is 23.6. The Labute approximate surface area is 94.1 Å². The molecule has 0 aliphatic rings. The molecule has 88 valence electrons. The van der Waals surface area contributed by atoms with Crippen LogP contribution in [-0.2, 0) is 19.1 Å². The molecule has 0 radical (unpaired) electrons. The number of likely N-dealkylation sites (N-methyl/N-ethyl adjacent to an activating group) is 1. The zero-order chi connectivity index (χ0) is 11.7. The molecule has 0 saturated heterocycles. The number of rotatable bonds is 7. The Morgan fingerprint density at radius 3 is 2.53 bits per heavy atom. The first kappa shape index (κ1) is 14.2. The maximum absolute atomic E-state index is 11.4. The van der Waals surface area contributed by atoms with E-state index in [1.807, 2.05) is 0 Å². The molecule has 0 unspecified atom stereocenters. The zero-order valence-electron chi connectivity index (χ0n) is 9.32. The van der Waals surface area contributed by atoms with E-state index in [2.05, 4.69) is 4.74 Å². The number of thioether (sulfide) groups is 1. The summed E-state index contributed by atoms with van der Waals surface area (Å²) in [6.07, 6.45) is 0. The van der Waals surface area contributed by atoms with Crippen molar-refractivity contribution in [3.8, 4) is 0 Å². The molecule has 0 saturated carbocycles. The highest BCUT2D eigenvalue weighted by Gasteiger charge is 2.12. The summed E-state index contributed by atoms with van der Waals surface area (Å²) >= 11 is 1.48. The Morgan fingerprint density at radius 1 is 1.33 bits per heavy atom. The van der Waals surface area contributed by atoms with E-state index in [9.17, 15) is 9.59 Å². The quantitative estimate of drug-likeness (QED) is 0.459. The molecule has 0 aliphatic heterocycles. The molecule has 0 rings (SSSR count). The topological polar surface area (TPSA) is 55.8 Å². The van der Waals surface area contributed by atoms with E-state index in [4.69, 9.17) is 4.74 Å². The maximum Gasteiger partial charge on any atom is 0.325 e. The van der Waals surface area contributed by atoms with Crippen molar-refractivity contribution in [2.75, 3.05) is 45.9 Å². The molecule has 1 amide bonds. The Morgan fingerprint density at radius 2 is 2.00 bits per heavy atom. The van der Waals surface area contributed by atoms with Crippen LogP contribution < -0.4 is 0 Å². The molecule has 0 spiro atoms. The normalized spacial score (nSPS) is 9.80. The lowest BCUT2D eigenvalue weighted by Gasteiger charge is -2.14. The fourth-order valence-corrected chi connectivity index (χ4v) is 1.58. The smallest absolute Gasteiger partial charge is 0.325 e. The first-order chi connectivity index (χ1) is 7.11. The van der Waals surface area contributed by atoms with Crippen LogP contribution in [0.2, 0.25) is 0 Å². The lowest BCUT2D eigenvalue weighted by Crippen LogP contribution is -2.33. The predicted octanol–water partition coefficient (Wildman–Crippen LogP) is -0.00260. The number of ether oxygens (including phenoxy) is 2. The van der Waals surface area contributed by atoms with E-state index in [1.165, 1.54) is 23.8 Å². The SMILES string of the molecule is COCCSCC(=O)N(C)CC(=O)OC. The number of hydrogen-bond donors (Lipinski definition) is 0. The summed E-state index contributed by atoms with van der Waals surface area (Å²) in [6, 6.07) is 0. The van der Waals surface area contributed by atoms with Gasteiger partial charge < -0.3 is 14.4 Å². The monoisotopic (exact) mass is 235 g/mol. The van der Waals surface area contributed by atoms with Gasteiger partial charge in [0.05, 0.1) is 19.5 Å². The predicted molar refractivity (Wildman–Crippen MR) is 58.9 cm³/mol. The Kier molecular flexibility index (Phi) is 8.12. The number of carbonyl (C=O) groups is 2. The van der Waals surface area contributed by atoms with Crippen molar-refractivity contribution in [1.29, 1.82) is 0 Å². The summed E-state index contributed by atoms with van der Waals surface area (Å²) in [6.45, 7) is 0.624. The number of amides is 1. The summed E-state index contributed by atoms with van der Waals surface area (Å²) in [5.74, 6) is 0.639. The highest BCUT2D eigenvalue weighted by Crippen LogP contribution is 2.01. The highest BCUT2D eigenvalue weighted by molar-refractivity contribution is 7.99. The number of carbonyl (C=O) groups excluding carboxylic acids is 2. The molecular formula is C9H17NO4S. The third kappa shape index (κ3) is 7.21. The fourth-order valence-electron chi connectivity index (χ4n) is 0.758. The second-order valence-corrected chi connectivity index (χ2v) is 3.98. The minimum Gasteiger partial charge on any atom is -0.468 e. The minimum atomic E-state index is -0.409. The Bertz CT molecular complexity index is 210. The van der Waals surface area contributed by atoms with E-state index in [-0.39, 0.29) is 12.5 Å². The van der Waals surface area contributed by atoms with Crippen LogP contribution in [0.5, 0.6) is 0 Å². The lowest BCUT2D eigenvalue weighted by atomic mass is 10.5. The Balaban J connectivity index is 3.64. The van der Waals surface area contributed by atoms with E-state index in [0.29, 0.717) is 12.4 Å². The molecule has 0 aliphatic carbocycles. The number of hydrogen-bond acceptors (Lipinski definition) is 5. The second kappa shape index (κ2) is 8.55. The van der Waals surface area contributed by atoms with Crippen molar-refractivity contribution in [3.05, 3.63) is 0 Å². The molecule has 0 heterocycles. The van der Waals surface area contributed by atoms with Gasteiger partial charge in [0.2, 0.25) is 5.91 Å². The third-order valence-corrected chi connectivity index (χ3v) is 2.58. The van der Waals surface area contributed by atoms with Crippen LogP contribution in [0.25, 0.3) is 0 Å². The molecule has 0 aromatic heterocycles. The maximum atomic E-state index is 11.4. The second-order valence-electron chi connectivity index (χ2n) is 2.87.